The highest BCUT2D eigenvalue weighted by Gasteiger charge is 2.09. The number of nitrogens with zero attached hydrogens (tertiary/aromatic N) is 1. The van der Waals surface area contributed by atoms with Gasteiger partial charge in [0.05, 0.1) is 5.69 Å². The zero-order chi connectivity index (χ0) is 8.55. The molecule has 0 atom stereocenters. The molecule has 2 aromatic heterocycles. The second kappa shape index (κ2) is 3.63. The number of nitrogen functional groups attached to an aromatic ring is 1. The number of halogens is 1. The molecular formula is C6H6ClN3O2S. The third-order valence-corrected chi connectivity index (χ3v) is 2.25. The van der Waals surface area contributed by atoms with E-state index in [1.807, 2.05) is 0 Å². The van der Waals surface area contributed by atoms with Gasteiger partial charge >= 0.3 is 5.76 Å². The van der Waals surface area contributed by atoms with Gasteiger partial charge in [-0.25, -0.2) is 9.89 Å². The fourth-order valence-electron chi connectivity index (χ4n) is 0.820. The minimum atomic E-state index is -0.571. The Morgan fingerprint density at radius 3 is 2.85 bits per heavy atom. The number of aromatic amines is 1. The molecule has 0 saturated heterocycles. The maximum Gasteiger partial charge on any atom is 0.434 e. The van der Waals surface area contributed by atoms with Gasteiger partial charge in [0.15, 0.2) is 0 Å². The fraction of sp³-hybridized carbons (Fsp3) is 0. The summed E-state index contributed by atoms with van der Waals surface area (Å²) in [5.74, 6) is -0.328. The van der Waals surface area contributed by atoms with Crippen molar-refractivity contribution >= 4 is 29.4 Å². The Balaban J connectivity index is 0.000000845. The number of nitrogens with two attached hydrogens (primary N) is 1. The number of thiophene rings is 1. The van der Waals surface area contributed by atoms with Crippen LogP contribution in [0.15, 0.2) is 20.7 Å². The summed E-state index contributed by atoms with van der Waals surface area (Å²) in [4.78, 5) is 11.3. The second-order valence-corrected chi connectivity index (χ2v) is 3.04. The van der Waals surface area contributed by atoms with Crippen molar-refractivity contribution in [3.8, 4) is 10.8 Å². The Morgan fingerprint density at radius 2 is 2.38 bits per heavy atom. The summed E-state index contributed by atoms with van der Waals surface area (Å²) in [6.45, 7) is 0. The molecule has 0 radical (unpaired) electrons. The SMILES string of the molecule is Cl.Nc1ccsc1-c1n[nH]c(=O)o1. The summed E-state index contributed by atoms with van der Waals surface area (Å²) in [5.41, 5.74) is 6.14. The van der Waals surface area contributed by atoms with Crippen LogP contribution in [0.25, 0.3) is 10.8 Å². The van der Waals surface area contributed by atoms with Crippen LogP contribution < -0.4 is 11.5 Å². The molecule has 13 heavy (non-hydrogen) atoms. The first-order valence-corrected chi connectivity index (χ1v) is 4.04. The van der Waals surface area contributed by atoms with E-state index in [4.69, 9.17) is 10.2 Å². The van der Waals surface area contributed by atoms with Crippen molar-refractivity contribution in [1.29, 1.82) is 0 Å². The molecule has 0 spiro atoms. The predicted octanol–water partition coefficient (Wildman–Crippen LogP) is 1.10. The molecule has 2 aromatic rings. The van der Waals surface area contributed by atoms with Crippen LogP contribution in [0.4, 0.5) is 5.69 Å². The summed E-state index contributed by atoms with van der Waals surface area (Å²) < 4.78 is 4.72. The summed E-state index contributed by atoms with van der Waals surface area (Å²) in [6.07, 6.45) is 0. The number of H-pyrrole nitrogens is 1. The highest BCUT2D eigenvalue weighted by Crippen LogP contribution is 2.28. The molecule has 0 aromatic carbocycles. The molecule has 3 N–H and O–H groups in total. The van der Waals surface area contributed by atoms with Crippen molar-refractivity contribution < 1.29 is 4.42 Å². The number of anilines is 1. The highest BCUT2D eigenvalue weighted by molar-refractivity contribution is 7.14. The van der Waals surface area contributed by atoms with Crippen molar-refractivity contribution in [2.24, 2.45) is 0 Å². The topological polar surface area (TPSA) is 84.9 Å². The Hall–Kier alpha value is -1.27. The lowest BCUT2D eigenvalue weighted by Crippen LogP contribution is -1.93. The van der Waals surface area contributed by atoms with Crippen molar-refractivity contribution in [1.82, 2.24) is 10.2 Å². The third-order valence-electron chi connectivity index (χ3n) is 1.33. The molecule has 70 valence electrons. The van der Waals surface area contributed by atoms with E-state index in [9.17, 15) is 4.79 Å². The van der Waals surface area contributed by atoms with Crippen LogP contribution >= 0.6 is 23.7 Å². The van der Waals surface area contributed by atoms with Gasteiger partial charge in [0.25, 0.3) is 5.89 Å². The molecule has 0 bridgehead atoms. The van der Waals surface area contributed by atoms with Crippen molar-refractivity contribution in [3.63, 3.8) is 0 Å². The zero-order valence-electron chi connectivity index (χ0n) is 6.31. The molecule has 0 aliphatic carbocycles. The van der Waals surface area contributed by atoms with Crippen molar-refractivity contribution in [2.45, 2.75) is 0 Å². The van der Waals surface area contributed by atoms with Crippen LogP contribution in [-0.2, 0) is 0 Å². The summed E-state index contributed by atoms with van der Waals surface area (Å²) >= 11 is 1.38. The molecule has 2 heterocycles. The minimum absolute atomic E-state index is 0. The van der Waals surface area contributed by atoms with Crippen LogP contribution in [0.1, 0.15) is 0 Å². The monoisotopic (exact) mass is 219 g/mol. The number of rotatable bonds is 1. The van der Waals surface area contributed by atoms with E-state index >= 15 is 0 Å². The third kappa shape index (κ3) is 1.73. The van der Waals surface area contributed by atoms with E-state index in [-0.39, 0.29) is 18.3 Å². The zero-order valence-corrected chi connectivity index (χ0v) is 7.95. The number of hydrogen-bond acceptors (Lipinski definition) is 5. The van der Waals surface area contributed by atoms with E-state index in [2.05, 4.69) is 10.2 Å². The molecule has 5 nitrogen and oxygen atoms in total. The predicted molar refractivity (Wildman–Crippen MR) is 52.1 cm³/mol. The highest BCUT2D eigenvalue weighted by atomic mass is 35.5. The molecule has 2 rings (SSSR count). The number of nitrogens with one attached hydrogen (secondary N) is 1. The molecule has 0 saturated carbocycles. The van der Waals surface area contributed by atoms with Crippen molar-refractivity contribution in [2.75, 3.05) is 5.73 Å². The Labute approximate surface area is 83.0 Å². The summed E-state index contributed by atoms with van der Waals surface area (Å²) in [5, 5.41) is 7.61. The maximum atomic E-state index is 10.6. The molecule has 0 aliphatic rings. The van der Waals surface area contributed by atoms with E-state index in [0.717, 1.165) is 0 Å². The molecule has 0 unspecified atom stereocenters. The first-order valence-electron chi connectivity index (χ1n) is 3.16. The number of aromatic nitrogens is 2. The lowest BCUT2D eigenvalue weighted by atomic mass is 10.4. The average Bonchev–Trinajstić information content (AvgIpc) is 2.58. The smallest absolute Gasteiger partial charge is 0.397 e. The largest absolute Gasteiger partial charge is 0.434 e. The first-order chi connectivity index (χ1) is 5.77. The van der Waals surface area contributed by atoms with Crippen LogP contribution in [0.5, 0.6) is 0 Å². The molecule has 7 heteroatoms. The lowest BCUT2D eigenvalue weighted by molar-refractivity contribution is 0.528. The first kappa shape index (κ1) is 9.82. The molecule has 0 aliphatic heterocycles. The normalized spacial score (nSPS) is 9.54. The van der Waals surface area contributed by atoms with Gasteiger partial charge in [0, 0.05) is 0 Å². The van der Waals surface area contributed by atoms with Crippen LogP contribution in [0.3, 0.4) is 0 Å². The summed E-state index contributed by atoms with van der Waals surface area (Å²) in [6, 6.07) is 1.73. The quantitative estimate of drug-likeness (QED) is 0.752. The van der Waals surface area contributed by atoms with Crippen LogP contribution in [-0.4, -0.2) is 10.2 Å². The number of hydrogen-bond donors (Lipinski definition) is 2. The fourth-order valence-corrected chi connectivity index (χ4v) is 1.56. The maximum absolute atomic E-state index is 10.6. The van der Waals surface area contributed by atoms with Crippen molar-refractivity contribution in [3.05, 3.63) is 22.0 Å². The van der Waals surface area contributed by atoms with Gasteiger partial charge in [-0.2, -0.15) is 0 Å². The van der Waals surface area contributed by atoms with Gasteiger partial charge in [-0.05, 0) is 11.4 Å². The van der Waals surface area contributed by atoms with Gasteiger partial charge < -0.3 is 10.2 Å². The molecular weight excluding hydrogens is 214 g/mol. The second-order valence-electron chi connectivity index (χ2n) is 2.12. The van der Waals surface area contributed by atoms with E-state index in [1.54, 1.807) is 11.4 Å². The van der Waals surface area contributed by atoms with E-state index < -0.39 is 5.76 Å². The lowest BCUT2D eigenvalue weighted by Gasteiger charge is -1.88. The van der Waals surface area contributed by atoms with Gasteiger partial charge in [0.1, 0.15) is 4.88 Å². The van der Waals surface area contributed by atoms with Gasteiger partial charge in [-0.1, -0.05) is 0 Å². The molecule has 0 fully saturated rings. The average molecular weight is 220 g/mol. The minimum Gasteiger partial charge on any atom is -0.397 e. The van der Waals surface area contributed by atoms with Crippen LogP contribution in [0, 0.1) is 0 Å². The summed E-state index contributed by atoms with van der Waals surface area (Å²) in [7, 11) is 0. The van der Waals surface area contributed by atoms with Gasteiger partial charge in [-0.3, -0.25) is 0 Å². The van der Waals surface area contributed by atoms with E-state index in [1.165, 1.54) is 11.3 Å². The van der Waals surface area contributed by atoms with Gasteiger partial charge in [0.2, 0.25) is 0 Å². The van der Waals surface area contributed by atoms with Gasteiger partial charge in [-0.15, -0.1) is 28.8 Å². The standard InChI is InChI=1S/C6H5N3O2S.ClH/c7-3-1-2-12-4(3)5-8-9-6(10)11-5;/h1-2H,7H2,(H,9,10);1H. The van der Waals surface area contributed by atoms with Crippen LogP contribution in [0.2, 0.25) is 0 Å². The molecule has 0 amide bonds. The van der Waals surface area contributed by atoms with E-state index in [0.29, 0.717) is 10.6 Å². The Morgan fingerprint density at radius 1 is 1.62 bits per heavy atom. The Kier molecular flexibility index (Phi) is 2.74. The Bertz CT molecular complexity index is 446.